The Morgan fingerprint density at radius 1 is 0.344 bits per heavy atom. The van der Waals surface area contributed by atoms with E-state index in [1.165, 1.54) is 128 Å². The van der Waals surface area contributed by atoms with Crippen LogP contribution in [0.1, 0.15) is 245 Å². The van der Waals surface area contributed by atoms with E-state index in [1.807, 2.05) is 36.5 Å². The van der Waals surface area contributed by atoms with Crippen LogP contribution in [-0.4, -0.2) is 37.2 Å². The number of hydrogen-bond acceptors (Lipinski definition) is 6. The molecular formula is C58H98O6. The van der Waals surface area contributed by atoms with Crippen LogP contribution in [0.25, 0.3) is 0 Å². The van der Waals surface area contributed by atoms with Crippen LogP contribution in [0.3, 0.4) is 0 Å². The van der Waals surface area contributed by atoms with Gasteiger partial charge in [-0.1, -0.05) is 241 Å². The number of rotatable bonds is 47. The summed E-state index contributed by atoms with van der Waals surface area (Å²) in [4.78, 5) is 38.0. The van der Waals surface area contributed by atoms with Crippen molar-refractivity contribution in [3.63, 3.8) is 0 Å². The monoisotopic (exact) mass is 891 g/mol. The molecule has 0 saturated heterocycles. The van der Waals surface area contributed by atoms with Gasteiger partial charge in [-0.2, -0.15) is 0 Å². The molecule has 0 heterocycles. The van der Waals surface area contributed by atoms with Gasteiger partial charge in [0, 0.05) is 19.3 Å². The maximum Gasteiger partial charge on any atom is 0.306 e. The molecule has 0 aliphatic carbocycles. The zero-order chi connectivity index (χ0) is 46.5. The van der Waals surface area contributed by atoms with Crippen molar-refractivity contribution in [3.05, 3.63) is 85.1 Å². The van der Waals surface area contributed by atoms with Gasteiger partial charge >= 0.3 is 17.9 Å². The number of carbonyl (C=O) groups is 3. The second kappa shape index (κ2) is 52.2. The zero-order valence-corrected chi connectivity index (χ0v) is 41.8. The molecule has 0 aliphatic rings. The molecule has 0 aromatic rings. The maximum absolute atomic E-state index is 12.8. The summed E-state index contributed by atoms with van der Waals surface area (Å²) in [6.45, 7) is 6.42. The van der Waals surface area contributed by atoms with Crippen molar-refractivity contribution >= 4 is 17.9 Å². The Kier molecular flexibility index (Phi) is 49.4. The molecule has 0 radical (unpaired) electrons. The van der Waals surface area contributed by atoms with Crippen LogP contribution in [0.4, 0.5) is 0 Å². The first-order valence-electron chi connectivity index (χ1n) is 26.6. The molecule has 1 unspecified atom stereocenters. The molecule has 0 aliphatic heterocycles. The van der Waals surface area contributed by atoms with E-state index in [-0.39, 0.29) is 37.5 Å². The van der Waals surface area contributed by atoms with Crippen LogP contribution in [0, 0.1) is 0 Å². The van der Waals surface area contributed by atoms with Crippen LogP contribution < -0.4 is 0 Å². The van der Waals surface area contributed by atoms with Crippen LogP contribution in [0.5, 0.6) is 0 Å². The molecule has 0 aromatic heterocycles. The third-order valence-electron chi connectivity index (χ3n) is 11.2. The fraction of sp³-hybridized carbons (Fsp3) is 0.707. The van der Waals surface area contributed by atoms with E-state index in [9.17, 15) is 14.4 Å². The van der Waals surface area contributed by atoms with Gasteiger partial charge in [0.15, 0.2) is 6.10 Å². The average molecular weight is 891 g/mol. The topological polar surface area (TPSA) is 78.9 Å². The molecule has 0 fully saturated rings. The summed E-state index contributed by atoms with van der Waals surface area (Å²) < 4.78 is 16.7. The first kappa shape index (κ1) is 60.6. The van der Waals surface area contributed by atoms with Gasteiger partial charge in [-0.15, -0.1) is 0 Å². The van der Waals surface area contributed by atoms with E-state index >= 15 is 0 Å². The fourth-order valence-corrected chi connectivity index (χ4v) is 7.23. The predicted octanol–water partition coefficient (Wildman–Crippen LogP) is 17.6. The Labute approximate surface area is 395 Å². The lowest BCUT2D eigenvalue weighted by Gasteiger charge is -2.18. The van der Waals surface area contributed by atoms with Crippen molar-refractivity contribution in [2.75, 3.05) is 13.2 Å². The Hall–Kier alpha value is -3.41. The Morgan fingerprint density at radius 3 is 1.17 bits per heavy atom. The van der Waals surface area contributed by atoms with Gasteiger partial charge in [-0.25, -0.2) is 0 Å². The minimum absolute atomic E-state index is 0.111. The van der Waals surface area contributed by atoms with Crippen LogP contribution >= 0.6 is 0 Å². The molecule has 0 bridgehead atoms. The summed E-state index contributed by atoms with van der Waals surface area (Å²) in [5.41, 5.74) is 0. The van der Waals surface area contributed by atoms with Crippen molar-refractivity contribution in [3.8, 4) is 0 Å². The molecule has 366 valence electrons. The number of ether oxygens (including phenoxy) is 3. The molecule has 6 nitrogen and oxygen atoms in total. The maximum atomic E-state index is 12.8. The van der Waals surface area contributed by atoms with Gasteiger partial charge < -0.3 is 14.2 Å². The molecule has 0 N–H and O–H groups in total. The highest BCUT2D eigenvalue weighted by molar-refractivity contribution is 5.71. The van der Waals surface area contributed by atoms with Crippen LogP contribution in [0.2, 0.25) is 0 Å². The van der Waals surface area contributed by atoms with E-state index in [1.54, 1.807) is 0 Å². The average Bonchev–Trinajstić information content (AvgIpc) is 3.29. The SMILES string of the molecule is CC\C=C/C=C\C=C/C=C\CCCCCC(=O)OCC(COC(=O)CCC/C=C\C/C=C\C/C=C\CCCCCCCC)OC(=O)CCCCCCCCCCCCCCCCCC. The molecule has 0 spiro atoms. The second-order valence-electron chi connectivity index (χ2n) is 17.5. The van der Waals surface area contributed by atoms with Crippen molar-refractivity contribution in [2.45, 2.75) is 252 Å². The smallest absolute Gasteiger partial charge is 0.306 e. The third kappa shape index (κ3) is 49.6. The van der Waals surface area contributed by atoms with Gasteiger partial charge in [0.05, 0.1) is 0 Å². The first-order valence-corrected chi connectivity index (χ1v) is 26.6. The number of carbonyl (C=O) groups excluding carboxylic acids is 3. The van der Waals surface area contributed by atoms with E-state index < -0.39 is 6.10 Å². The lowest BCUT2D eigenvalue weighted by atomic mass is 10.0. The molecule has 0 rings (SSSR count). The lowest BCUT2D eigenvalue weighted by Crippen LogP contribution is -2.30. The minimum Gasteiger partial charge on any atom is -0.462 e. The molecular weight excluding hydrogens is 793 g/mol. The third-order valence-corrected chi connectivity index (χ3v) is 11.2. The largest absolute Gasteiger partial charge is 0.462 e. The van der Waals surface area contributed by atoms with E-state index in [0.717, 1.165) is 70.6 Å². The standard InChI is InChI=1S/C58H98O6/c1-4-7-10-13-16-19-22-25-27-29-31-33-36-39-42-45-48-51-57(60)63-54-55(53-62-56(59)50-47-44-41-38-35-32-24-21-18-15-12-9-6-3)64-58(61)52-49-46-43-40-37-34-30-28-26-23-20-17-14-11-8-5-2/h9,12,15,18,21,24-25,27,31-33,35,39,42,55H,4-8,10-11,13-14,16-17,19-20,22-23,26,28-30,34,36-38,40-41,43-54H2,1-3H3/b12-9-,18-15-,24-21-,27-25-,33-31-,35-32-,42-39-. The Morgan fingerprint density at radius 2 is 0.688 bits per heavy atom. The molecule has 0 amide bonds. The highest BCUT2D eigenvalue weighted by Crippen LogP contribution is 2.15. The lowest BCUT2D eigenvalue weighted by molar-refractivity contribution is -0.167. The van der Waals surface area contributed by atoms with E-state index in [2.05, 4.69) is 69.4 Å². The number of unbranched alkanes of at least 4 members (excludes halogenated alkanes) is 25. The molecule has 0 aromatic carbocycles. The summed E-state index contributed by atoms with van der Waals surface area (Å²) in [5.74, 6) is -0.997. The van der Waals surface area contributed by atoms with Gasteiger partial charge in [-0.05, 0) is 70.6 Å². The summed E-state index contributed by atoms with van der Waals surface area (Å²) in [7, 11) is 0. The summed E-state index contributed by atoms with van der Waals surface area (Å²) >= 11 is 0. The number of esters is 3. The van der Waals surface area contributed by atoms with E-state index in [0.29, 0.717) is 19.3 Å². The minimum atomic E-state index is -0.811. The Balaban J connectivity index is 4.49. The first-order chi connectivity index (χ1) is 31.5. The molecule has 1 atom stereocenters. The quantitative estimate of drug-likeness (QED) is 0.0199. The van der Waals surface area contributed by atoms with Gasteiger partial charge in [0.2, 0.25) is 0 Å². The molecule has 0 saturated carbocycles. The Bertz CT molecular complexity index is 1250. The molecule has 64 heavy (non-hydrogen) atoms. The number of hydrogen-bond donors (Lipinski definition) is 0. The van der Waals surface area contributed by atoms with Crippen molar-refractivity contribution in [2.24, 2.45) is 0 Å². The highest BCUT2D eigenvalue weighted by Gasteiger charge is 2.19. The molecule has 6 heteroatoms. The van der Waals surface area contributed by atoms with E-state index in [4.69, 9.17) is 14.2 Å². The fourth-order valence-electron chi connectivity index (χ4n) is 7.23. The highest BCUT2D eigenvalue weighted by atomic mass is 16.6. The predicted molar refractivity (Wildman–Crippen MR) is 274 cm³/mol. The zero-order valence-electron chi connectivity index (χ0n) is 41.8. The van der Waals surface area contributed by atoms with Crippen LogP contribution in [0.15, 0.2) is 85.1 Å². The van der Waals surface area contributed by atoms with Crippen LogP contribution in [-0.2, 0) is 28.6 Å². The number of allylic oxidation sites excluding steroid dienone is 14. The summed E-state index contributed by atoms with van der Waals surface area (Å²) in [6.07, 6.45) is 67.2. The van der Waals surface area contributed by atoms with Crippen molar-refractivity contribution in [1.82, 2.24) is 0 Å². The van der Waals surface area contributed by atoms with Crippen molar-refractivity contribution < 1.29 is 28.6 Å². The van der Waals surface area contributed by atoms with Crippen molar-refractivity contribution in [1.29, 1.82) is 0 Å². The summed E-state index contributed by atoms with van der Waals surface area (Å²) in [5, 5.41) is 0. The second-order valence-corrected chi connectivity index (χ2v) is 17.5. The van der Waals surface area contributed by atoms with Gasteiger partial charge in [-0.3, -0.25) is 14.4 Å². The summed E-state index contributed by atoms with van der Waals surface area (Å²) in [6, 6.07) is 0. The van der Waals surface area contributed by atoms with Gasteiger partial charge in [0.25, 0.3) is 0 Å². The normalized spacial score (nSPS) is 12.7. The van der Waals surface area contributed by atoms with Gasteiger partial charge in [0.1, 0.15) is 13.2 Å².